The van der Waals surface area contributed by atoms with Gasteiger partial charge in [0, 0.05) is 47.8 Å². The van der Waals surface area contributed by atoms with Gasteiger partial charge in [0.1, 0.15) is 18.3 Å². The van der Waals surface area contributed by atoms with E-state index in [2.05, 4.69) is 15.4 Å². The topological polar surface area (TPSA) is 149 Å². The van der Waals surface area contributed by atoms with Crippen molar-refractivity contribution in [3.8, 4) is 0 Å². The Bertz CT molecular complexity index is 2070. The fraction of sp³-hybridized carbons (Fsp3) is 0.238. The molecule has 0 aromatic heterocycles. The summed E-state index contributed by atoms with van der Waals surface area (Å²) in [6.45, 7) is -1.79. The van der Waals surface area contributed by atoms with Crippen LogP contribution in [0.25, 0.3) is 6.08 Å². The zero-order valence-corrected chi connectivity index (χ0v) is 29.7. The zero-order chi connectivity index (χ0) is 39.7. The van der Waals surface area contributed by atoms with Gasteiger partial charge in [-0.3, -0.25) is 9.59 Å². The van der Waals surface area contributed by atoms with Crippen molar-refractivity contribution in [1.29, 1.82) is 0 Å². The molecule has 1 aliphatic heterocycles. The quantitative estimate of drug-likeness (QED) is 0.120. The number of benzene rings is 4. The highest BCUT2D eigenvalue weighted by Gasteiger charge is 2.55. The van der Waals surface area contributed by atoms with E-state index < -0.39 is 54.7 Å². The van der Waals surface area contributed by atoms with Crippen LogP contribution in [0.2, 0.25) is 0 Å². The van der Waals surface area contributed by atoms with E-state index >= 15 is 0 Å². The van der Waals surface area contributed by atoms with Crippen LogP contribution in [0, 0.1) is 0 Å². The Balaban J connectivity index is 1.25. The standard InChI is InChI=1S/C42H37F3N2O9/c43-41(44,45)26-53-36(49)18-17-27-9-7-12-30(21-27)40(52)54-34-23-31(39(51)47-25-28-10-8-11-29(22-28)38(50)46-19-20-48)24-35-37(34)56-42(55-35,32-13-3-1-4-14-32)33-15-5-2-6-16-33/h1-18,21-22,24,34-35,37,48H,19-20,23,25-26H2,(H,46,50)(H,47,51). The first-order valence-electron chi connectivity index (χ1n) is 17.6. The van der Waals surface area contributed by atoms with Gasteiger partial charge in [-0.25, -0.2) is 9.59 Å². The van der Waals surface area contributed by atoms with Gasteiger partial charge in [-0.1, -0.05) is 84.9 Å². The third-order valence-corrected chi connectivity index (χ3v) is 8.89. The normalized spacial score (nSPS) is 18.7. The van der Waals surface area contributed by atoms with Crippen LogP contribution in [0.3, 0.4) is 0 Å². The number of halogens is 3. The Kier molecular flexibility index (Phi) is 12.4. The molecule has 1 fully saturated rings. The first-order valence-corrected chi connectivity index (χ1v) is 17.6. The van der Waals surface area contributed by atoms with E-state index in [9.17, 15) is 32.3 Å². The van der Waals surface area contributed by atoms with Crippen LogP contribution in [-0.2, 0) is 40.9 Å². The number of nitrogens with one attached hydrogen (secondary N) is 2. The summed E-state index contributed by atoms with van der Waals surface area (Å²) in [4.78, 5) is 51.7. The Morgan fingerprint density at radius 2 is 1.50 bits per heavy atom. The van der Waals surface area contributed by atoms with Gasteiger partial charge in [-0.05, 0) is 47.5 Å². The molecule has 4 aromatic carbocycles. The molecule has 3 unspecified atom stereocenters. The van der Waals surface area contributed by atoms with Crippen molar-refractivity contribution < 1.29 is 56.4 Å². The van der Waals surface area contributed by atoms with E-state index in [1.54, 1.807) is 30.3 Å². The number of rotatable bonds is 13. The molecule has 3 atom stereocenters. The van der Waals surface area contributed by atoms with Crippen molar-refractivity contribution in [2.24, 2.45) is 0 Å². The lowest BCUT2D eigenvalue weighted by atomic mass is 9.91. The molecule has 56 heavy (non-hydrogen) atoms. The molecule has 0 spiro atoms. The monoisotopic (exact) mass is 770 g/mol. The van der Waals surface area contributed by atoms with Crippen molar-refractivity contribution in [2.75, 3.05) is 19.8 Å². The molecule has 290 valence electrons. The van der Waals surface area contributed by atoms with Gasteiger partial charge in [0.2, 0.25) is 11.7 Å². The predicted molar refractivity (Wildman–Crippen MR) is 196 cm³/mol. The summed E-state index contributed by atoms with van der Waals surface area (Å²) in [5.74, 6) is -4.28. The number of aliphatic hydroxyl groups is 1. The van der Waals surface area contributed by atoms with Gasteiger partial charge in [0.25, 0.3) is 5.91 Å². The van der Waals surface area contributed by atoms with E-state index in [-0.39, 0.29) is 43.2 Å². The second kappa shape index (κ2) is 17.6. The van der Waals surface area contributed by atoms with E-state index in [0.29, 0.717) is 27.8 Å². The first kappa shape index (κ1) is 39.6. The summed E-state index contributed by atoms with van der Waals surface area (Å²) in [7, 11) is 0. The van der Waals surface area contributed by atoms with Gasteiger partial charge in [-0.2, -0.15) is 13.2 Å². The van der Waals surface area contributed by atoms with Crippen molar-refractivity contribution in [1.82, 2.24) is 10.6 Å². The molecule has 1 aliphatic carbocycles. The third kappa shape index (κ3) is 9.76. The second-order valence-electron chi connectivity index (χ2n) is 12.9. The summed E-state index contributed by atoms with van der Waals surface area (Å²) >= 11 is 0. The van der Waals surface area contributed by atoms with Crippen molar-refractivity contribution in [3.63, 3.8) is 0 Å². The number of carbonyl (C=O) groups excluding carboxylic acids is 4. The molecule has 4 aromatic rings. The predicted octanol–water partition coefficient (Wildman–Crippen LogP) is 5.38. The summed E-state index contributed by atoms with van der Waals surface area (Å²) in [6.07, 6.45) is -3.84. The molecule has 0 saturated carbocycles. The number of fused-ring (bicyclic) bond motifs is 1. The van der Waals surface area contributed by atoms with E-state index in [1.165, 1.54) is 30.3 Å². The van der Waals surface area contributed by atoms with Crippen molar-refractivity contribution >= 4 is 29.8 Å². The number of alkyl halides is 3. The number of hydrogen-bond acceptors (Lipinski definition) is 9. The van der Waals surface area contributed by atoms with Crippen LogP contribution >= 0.6 is 0 Å². The Labute approximate surface area is 319 Å². The number of ether oxygens (including phenoxy) is 4. The molecule has 14 heteroatoms. The maximum absolute atomic E-state index is 13.8. The fourth-order valence-corrected chi connectivity index (χ4v) is 6.32. The molecule has 2 aliphatic rings. The minimum atomic E-state index is -4.68. The van der Waals surface area contributed by atoms with E-state index in [0.717, 1.165) is 6.08 Å². The molecule has 6 rings (SSSR count). The van der Waals surface area contributed by atoms with Gasteiger partial charge in [0.05, 0.1) is 12.2 Å². The highest BCUT2D eigenvalue weighted by atomic mass is 19.4. The van der Waals surface area contributed by atoms with Gasteiger partial charge < -0.3 is 34.7 Å². The molecule has 1 saturated heterocycles. The third-order valence-electron chi connectivity index (χ3n) is 8.89. The highest BCUT2D eigenvalue weighted by molar-refractivity contribution is 5.95. The molecule has 3 N–H and O–H groups in total. The minimum Gasteiger partial charge on any atom is -0.456 e. The summed E-state index contributed by atoms with van der Waals surface area (Å²) in [6, 6.07) is 31.0. The lowest BCUT2D eigenvalue weighted by molar-refractivity contribution is -0.182. The molecular weight excluding hydrogens is 733 g/mol. The van der Waals surface area contributed by atoms with E-state index in [1.807, 2.05) is 60.7 Å². The lowest BCUT2D eigenvalue weighted by Gasteiger charge is -2.31. The lowest BCUT2D eigenvalue weighted by Crippen LogP contribution is -2.43. The number of carbonyl (C=O) groups is 4. The van der Waals surface area contributed by atoms with Crippen LogP contribution < -0.4 is 10.6 Å². The zero-order valence-electron chi connectivity index (χ0n) is 29.7. The Hall–Kier alpha value is -6.09. The molecule has 11 nitrogen and oxygen atoms in total. The van der Waals surface area contributed by atoms with Crippen LogP contribution in [0.15, 0.2) is 127 Å². The second-order valence-corrected chi connectivity index (χ2v) is 12.9. The fourth-order valence-electron chi connectivity index (χ4n) is 6.32. The molecule has 0 bridgehead atoms. The van der Waals surface area contributed by atoms with Gasteiger partial charge in [0.15, 0.2) is 6.61 Å². The first-order chi connectivity index (χ1) is 26.9. The van der Waals surface area contributed by atoms with Crippen LogP contribution in [0.5, 0.6) is 0 Å². The number of esters is 2. The summed E-state index contributed by atoms with van der Waals surface area (Å²) in [5.41, 5.74) is 2.97. The largest absolute Gasteiger partial charge is 0.456 e. The molecular formula is C42H37F3N2O9. The Morgan fingerprint density at radius 1 is 0.821 bits per heavy atom. The molecule has 2 amide bonds. The smallest absolute Gasteiger partial charge is 0.422 e. The summed E-state index contributed by atoms with van der Waals surface area (Å²) < 4.78 is 61.1. The van der Waals surface area contributed by atoms with Crippen molar-refractivity contribution in [3.05, 3.63) is 160 Å². The maximum Gasteiger partial charge on any atom is 0.422 e. The average Bonchev–Trinajstić information content (AvgIpc) is 3.62. The van der Waals surface area contributed by atoms with Crippen LogP contribution in [0.1, 0.15) is 49.4 Å². The highest BCUT2D eigenvalue weighted by Crippen LogP contribution is 2.47. The summed E-state index contributed by atoms with van der Waals surface area (Å²) in [5, 5.41) is 14.5. The van der Waals surface area contributed by atoms with E-state index in [4.69, 9.17) is 19.3 Å². The molecule has 1 heterocycles. The SMILES string of the molecule is O=C(C=Cc1cccc(C(=O)OC2CC(C(=O)NCc3cccc(C(=O)NCCO)c3)=CC3OC(c4ccccc4)(c4ccccc4)OC32)c1)OCC(F)(F)F. The number of amides is 2. The maximum atomic E-state index is 13.8. The van der Waals surface area contributed by atoms with Crippen molar-refractivity contribution in [2.45, 2.75) is 43.2 Å². The molecule has 0 radical (unpaired) electrons. The number of hydrogen-bond donors (Lipinski definition) is 3. The van der Waals surface area contributed by atoms with Gasteiger partial charge in [-0.15, -0.1) is 0 Å². The Morgan fingerprint density at radius 3 is 2.18 bits per heavy atom. The average molecular weight is 771 g/mol. The number of aliphatic hydroxyl groups excluding tert-OH is 1. The van der Waals surface area contributed by atoms with Crippen LogP contribution in [-0.4, -0.2) is 73.1 Å². The van der Waals surface area contributed by atoms with Gasteiger partial charge >= 0.3 is 18.1 Å². The minimum absolute atomic E-state index is 0.0595. The van der Waals surface area contributed by atoms with Crippen LogP contribution in [0.4, 0.5) is 13.2 Å².